The first-order chi connectivity index (χ1) is 15.0. The lowest BCUT2D eigenvalue weighted by Crippen LogP contribution is -2.41. The quantitative estimate of drug-likeness (QED) is 0.476. The summed E-state index contributed by atoms with van der Waals surface area (Å²) in [5.41, 5.74) is 2.42. The lowest BCUT2D eigenvalue weighted by Gasteiger charge is -2.35. The predicted octanol–water partition coefficient (Wildman–Crippen LogP) is 4.60. The third kappa shape index (κ3) is 5.57. The molecule has 0 aliphatic carbocycles. The molecule has 2 aromatic rings. The Kier molecular flexibility index (Phi) is 8.32. The predicted molar refractivity (Wildman–Crippen MR) is 126 cm³/mol. The molecule has 31 heavy (non-hydrogen) atoms. The molecule has 7 heteroatoms. The highest BCUT2D eigenvalue weighted by molar-refractivity contribution is 7.98. The molecule has 1 aliphatic heterocycles. The summed E-state index contributed by atoms with van der Waals surface area (Å²) < 4.78 is 5.64. The summed E-state index contributed by atoms with van der Waals surface area (Å²) in [7, 11) is 1.70. The zero-order chi connectivity index (χ0) is 22.4. The Balaban J connectivity index is 1.85. The zero-order valence-corrected chi connectivity index (χ0v) is 20.1. The number of aromatic nitrogens is 2. The van der Waals surface area contributed by atoms with Crippen LogP contribution in [-0.2, 0) is 0 Å². The second-order valence-electron chi connectivity index (χ2n) is 8.27. The van der Waals surface area contributed by atoms with Crippen LogP contribution in [0.15, 0.2) is 29.3 Å². The first-order valence-corrected chi connectivity index (χ1v) is 12.3. The van der Waals surface area contributed by atoms with Gasteiger partial charge in [0.15, 0.2) is 0 Å². The minimum Gasteiger partial charge on any atom is -0.496 e. The SMILES string of the molecule is COc1ccccc1C(CNC(=O)c1c(C)nc(C(C)C)nc1SC)N1CCCCC1. The molecule has 1 atom stereocenters. The Morgan fingerprint density at radius 1 is 1.19 bits per heavy atom. The summed E-state index contributed by atoms with van der Waals surface area (Å²) in [6, 6.07) is 8.17. The van der Waals surface area contributed by atoms with Gasteiger partial charge in [0.2, 0.25) is 0 Å². The molecule has 1 unspecified atom stereocenters. The van der Waals surface area contributed by atoms with Crippen LogP contribution in [0.1, 0.15) is 72.5 Å². The number of benzene rings is 1. The van der Waals surface area contributed by atoms with Gasteiger partial charge in [-0.1, -0.05) is 38.5 Å². The number of ether oxygens (including phenoxy) is 1. The Morgan fingerprint density at radius 3 is 2.55 bits per heavy atom. The largest absolute Gasteiger partial charge is 0.496 e. The number of methoxy groups -OCH3 is 1. The van der Waals surface area contributed by atoms with Crippen LogP contribution in [-0.4, -0.2) is 53.8 Å². The van der Waals surface area contributed by atoms with Crippen molar-refractivity contribution in [3.8, 4) is 5.75 Å². The Hall–Kier alpha value is -2.12. The molecule has 168 valence electrons. The fraction of sp³-hybridized carbons (Fsp3) is 0.542. The van der Waals surface area contributed by atoms with Crippen molar-refractivity contribution in [1.29, 1.82) is 0 Å². The summed E-state index contributed by atoms with van der Waals surface area (Å²) in [5, 5.41) is 3.92. The van der Waals surface area contributed by atoms with E-state index >= 15 is 0 Å². The van der Waals surface area contributed by atoms with Gasteiger partial charge in [-0.25, -0.2) is 9.97 Å². The number of aryl methyl sites for hydroxylation is 1. The van der Waals surface area contributed by atoms with Crippen LogP contribution in [0.25, 0.3) is 0 Å². The number of thioether (sulfide) groups is 1. The van der Waals surface area contributed by atoms with E-state index in [-0.39, 0.29) is 17.9 Å². The number of likely N-dealkylation sites (tertiary alicyclic amines) is 1. The van der Waals surface area contributed by atoms with Gasteiger partial charge in [-0.15, -0.1) is 11.8 Å². The van der Waals surface area contributed by atoms with Crippen LogP contribution in [0.3, 0.4) is 0 Å². The molecule has 0 radical (unpaired) electrons. The lowest BCUT2D eigenvalue weighted by atomic mass is 10.0. The molecule has 1 N–H and O–H groups in total. The van der Waals surface area contributed by atoms with Crippen molar-refractivity contribution < 1.29 is 9.53 Å². The number of nitrogens with one attached hydrogen (secondary N) is 1. The van der Waals surface area contributed by atoms with Gasteiger partial charge in [-0.05, 0) is 45.2 Å². The summed E-state index contributed by atoms with van der Waals surface area (Å²) in [4.78, 5) is 24.9. The number of piperidine rings is 1. The fourth-order valence-electron chi connectivity index (χ4n) is 4.12. The Morgan fingerprint density at radius 2 is 1.90 bits per heavy atom. The third-order valence-electron chi connectivity index (χ3n) is 5.80. The number of para-hydroxylation sites is 1. The second-order valence-corrected chi connectivity index (χ2v) is 9.07. The minimum atomic E-state index is -0.117. The number of amides is 1. The van der Waals surface area contributed by atoms with Gasteiger partial charge in [0.25, 0.3) is 5.91 Å². The van der Waals surface area contributed by atoms with E-state index in [1.54, 1.807) is 7.11 Å². The molecule has 2 heterocycles. The monoisotopic (exact) mass is 442 g/mol. The highest BCUT2D eigenvalue weighted by Gasteiger charge is 2.27. The van der Waals surface area contributed by atoms with Crippen molar-refractivity contribution in [2.45, 2.75) is 57.0 Å². The van der Waals surface area contributed by atoms with Gasteiger partial charge >= 0.3 is 0 Å². The van der Waals surface area contributed by atoms with Gasteiger partial charge in [-0.2, -0.15) is 0 Å². The van der Waals surface area contributed by atoms with E-state index < -0.39 is 0 Å². The van der Waals surface area contributed by atoms with Gasteiger partial charge in [0.1, 0.15) is 16.6 Å². The number of rotatable bonds is 8. The van der Waals surface area contributed by atoms with Crippen molar-refractivity contribution >= 4 is 17.7 Å². The molecule has 1 amide bonds. The van der Waals surface area contributed by atoms with Crippen LogP contribution >= 0.6 is 11.8 Å². The molecule has 6 nitrogen and oxygen atoms in total. The molecule has 1 saturated heterocycles. The van der Waals surface area contributed by atoms with Gasteiger partial charge in [-0.3, -0.25) is 9.69 Å². The standard InChI is InChI=1S/C24H34N4O2S/c1-16(2)22-26-17(3)21(24(27-22)31-5)23(29)25-15-19(28-13-9-6-10-14-28)18-11-7-8-12-20(18)30-4/h7-8,11-12,16,19H,6,9-10,13-15H2,1-5H3,(H,25,29). The number of nitrogens with zero attached hydrogens (tertiary/aromatic N) is 3. The summed E-state index contributed by atoms with van der Waals surface area (Å²) in [6.07, 6.45) is 5.57. The molecule has 1 aromatic heterocycles. The van der Waals surface area contributed by atoms with Gasteiger partial charge in [0.05, 0.1) is 24.4 Å². The molecule has 0 saturated carbocycles. The highest BCUT2D eigenvalue weighted by atomic mass is 32.2. The second kappa shape index (κ2) is 11.0. The number of hydrogen-bond acceptors (Lipinski definition) is 6. The van der Waals surface area contributed by atoms with E-state index in [0.29, 0.717) is 12.1 Å². The van der Waals surface area contributed by atoms with Gasteiger partial charge in [0, 0.05) is 18.0 Å². The van der Waals surface area contributed by atoms with Crippen LogP contribution in [0, 0.1) is 6.92 Å². The zero-order valence-electron chi connectivity index (χ0n) is 19.3. The average Bonchev–Trinajstić information content (AvgIpc) is 2.79. The molecule has 1 fully saturated rings. The average molecular weight is 443 g/mol. The van der Waals surface area contributed by atoms with Crippen molar-refractivity contribution in [2.24, 2.45) is 0 Å². The van der Waals surface area contributed by atoms with Crippen molar-refractivity contribution in [3.05, 3.63) is 46.9 Å². The Bertz CT molecular complexity index is 897. The topological polar surface area (TPSA) is 67.3 Å². The first kappa shape index (κ1) is 23.5. The maximum Gasteiger partial charge on any atom is 0.255 e. The van der Waals surface area contributed by atoms with Crippen LogP contribution < -0.4 is 10.1 Å². The van der Waals surface area contributed by atoms with Crippen molar-refractivity contribution in [3.63, 3.8) is 0 Å². The minimum absolute atomic E-state index is 0.0642. The molecule has 0 bridgehead atoms. The maximum absolute atomic E-state index is 13.2. The van der Waals surface area contributed by atoms with Crippen LogP contribution in [0.2, 0.25) is 0 Å². The van der Waals surface area contributed by atoms with Gasteiger partial charge < -0.3 is 10.1 Å². The normalized spacial score (nSPS) is 15.7. The summed E-state index contributed by atoms with van der Waals surface area (Å²) >= 11 is 1.49. The molecular weight excluding hydrogens is 408 g/mol. The number of carbonyl (C=O) groups is 1. The molecule has 1 aromatic carbocycles. The van der Waals surface area contributed by atoms with Crippen molar-refractivity contribution in [1.82, 2.24) is 20.2 Å². The van der Waals surface area contributed by atoms with Crippen LogP contribution in [0.5, 0.6) is 5.75 Å². The molecule has 3 rings (SSSR count). The Labute approximate surface area is 190 Å². The smallest absolute Gasteiger partial charge is 0.255 e. The van der Waals surface area contributed by atoms with E-state index in [4.69, 9.17) is 4.74 Å². The third-order valence-corrected chi connectivity index (χ3v) is 6.48. The molecule has 1 aliphatic rings. The summed E-state index contributed by atoms with van der Waals surface area (Å²) in [5.74, 6) is 1.74. The fourth-order valence-corrected chi connectivity index (χ4v) is 4.75. The van der Waals surface area contributed by atoms with E-state index in [9.17, 15) is 4.79 Å². The maximum atomic E-state index is 13.2. The van der Waals surface area contributed by atoms with E-state index in [1.165, 1.54) is 31.0 Å². The first-order valence-electron chi connectivity index (χ1n) is 11.0. The highest BCUT2D eigenvalue weighted by Crippen LogP contribution is 2.31. The van der Waals surface area contributed by atoms with E-state index in [1.807, 2.05) is 31.4 Å². The van der Waals surface area contributed by atoms with Crippen molar-refractivity contribution in [2.75, 3.05) is 33.0 Å². The van der Waals surface area contributed by atoms with Crippen LogP contribution in [0.4, 0.5) is 0 Å². The van der Waals surface area contributed by atoms with E-state index in [0.717, 1.165) is 40.9 Å². The number of carbonyl (C=O) groups excluding carboxylic acids is 1. The lowest BCUT2D eigenvalue weighted by molar-refractivity contribution is 0.0918. The molecule has 0 spiro atoms. The summed E-state index contributed by atoms with van der Waals surface area (Å²) in [6.45, 7) is 8.59. The number of hydrogen-bond donors (Lipinski definition) is 1. The molecular formula is C24H34N4O2S. The van der Waals surface area contributed by atoms with E-state index in [2.05, 4.69) is 40.1 Å².